The van der Waals surface area contributed by atoms with Gasteiger partial charge in [-0.05, 0) is 19.1 Å². The van der Waals surface area contributed by atoms with Crippen LogP contribution in [0.5, 0.6) is 5.75 Å². The first kappa shape index (κ1) is 16.4. The average molecular weight is 297 g/mol. The molecule has 1 unspecified atom stereocenters. The Hall–Kier alpha value is -2.68. The van der Waals surface area contributed by atoms with Crippen molar-refractivity contribution in [3.63, 3.8) is 0 Å². The molecule has 0 aromatic heterocycles. The maximum atomic E-state index is 11.8. The Morgan fingerprint density at radius 1 is 1.43 bits per heavy atom. The smallest absolute Gasteiger partial charge is 0.331 e. The normalized spacial score (nSPS) is 11.5. The van der Waals surface area contributed by atoms with Crippen LogP contribution in [0.1, 0.15) is 17.3 Å². The van der Waals surface area contributed by atoms with Crippen molar-refractivity contribution < 1.29 is 24.4 Å². The monoisotopic (exact) mass is 297 g/mol. The van der Waals surface area contributed by atoms with Crippen molar-refractivity contribution in [2.24, 2.45) is 0 Å². The molecule has 0 spiro atoms. The molecule has 0 aliphatic carbocycles. The number of nitrogens with zero attached hydrogens (tertiary/aromatic N) is 1. The quantitative estimate of drug-likeness (QED) is 0.362. The van der Waals surface area contributed by atoms with E-state index in [9.17, 15) is 24.8 Å². The third-order valence-corrected chi connectivity index (χ3v) is 2.41. The van der Waals surface area contributed by atoms with E-state index in [0.717, 1.165) is 0 Å². The molecule has 1 amide bonds. The minimum Gasteiger partial charge on any atom is -0.507 e. The minimum absolute atomic E-state index is 0.0336. The minimum atomic E-state index is -1.32. The van der Waals surface area contributed by atoms with Gasteiger partial charge in [-0.3, -0.25) is 25.1 Å². The van der Waals surface area contributed by atoms with Crippen molar-refractivity contribution >= 4 is 11.9 Å². The first-order chi connectivity index (χ1) is 9.95. The van der Waals surface area contributed by atoms with E-state index in [1.165, 1.54) is 24.3 Å². The second-order valence-electron chi connectivity index (χ2n) is 3.94. The maximum absolute atomic E-state index is 11.8. The van der Waals surface area contributed by atoms with Crippen molar-refractivity contribution in [3.8, 4) is 5.75 Å². The number of hydrazine groups is 1. The fourth-order valence-corrected chi connectivity index (χ4v) is 1.46. The fraction of sp³-hybridized carbons (Fsp3) is 0.333. The van der Waals surface area contributed by atoms with Crippen LogP contribution in [-0.2, 0) is 9.53 Å². The van der Waals surface area contributed by atoms with Gasteiger partial charge in [0.2, 0.25) is 6.54 Å². The van der Waals surface area contributed by atoms with Gasteiger partial charge in [-0.1, -0.05) is 12.1 Å². The largest absolute Gasteiger partial charge is 0.507 e. The topological polar surface area (TPSA) is 131 Å². The Labute approximate surface area is 120 Å². The number of nitrogens with one attached hydrogen (secondary N) is 2. The van der Waals surface area contributed by atoms with Crippen LogP contribution in [0.3, 0.4) is 0 Å². The highest BCUT2D eigenvalue weighted by molar-refractivity contribution is 5.96. The summed E-state index contributed by atoms with van der Waals surface area (Å²) < 4.78 is 4.66. The number of rotatable bonds is 7. The van der Waals surface area contributed by atoms with E-state index in [1.807, 2.05) is 0 Å². The number of nitro groups is 1. The van der Waals surface area contributed by atoms with Gasteiger partial charge < -0.3 is 9.84 Å². The summed E-state index contributed by atoms with van der Waals surface area (Å²) in [6.07, 6.45) is 0. The summed E-state index contributed by atoms with van der Waals surface area (Å²) in [6.45, 7) is 0.865. The summed E-state index contributed by atoms with van der Waals surface area (Å²) in [4.78, 5) is 33.1. The zero-order valence-electron chi connectivity index (χ0n) is 11.2. The summed E-state index contributed by atoms with van der Waals surface area (Å²) in [5.74, 6) is -1.84. The number of esters is 1. The lowest BCUT2D eigenvalue weighted by molar-refractivity contribution is -0.482. The molecule has 1 atom stereocenters. The molecule has 0 saturated carbocycles. The predicted octanol–water partition coefficient (Wildman–Crippen LogP) is -0.165. The molecule has 0 saturated heterocycles. The summed E-state index contributed by atoms with van der Waals surface area (Å²) in [7, 11) is 0. The number of carbonyl (C=O) groups is 2. The van der Waals surface area contributed by atoms with Crippen LogP contribution in [0.2, 0.25) is 0 Å². The molecule has 3 N–H and O–H groups in total. The molecule has 0 aliphatic heterocycles. The van der Waals surface area contributed by atoms with Crippen LogP contribution < -0.4 is 10.9 Å². The van der Waals surface area contributed by atoms with Crippen LogP contribution in [0, 0.1) is 10.1 Å². The predicted molar refractivity (Wildman–Crippen MR) is 71.0 cm³/mol. The Balaban J connectivity index is 2.68. The van der Waals surface area contributed by atoms with Crippen molar-refractivity contribution in [1.29, 1.82) is 0 Å². The standard InChI is InChI=1S/C12H15N3O6/c1-2-21-12(18)9(7-15(19)20)13-14-11(17)8-5-3-4-6-10(8)16/h3-6,9,13,16H,2,7H2,1H3,(H,14,17). The van der Waals surface area contributed by atoms with Gasteiger partial charge in [-0.2, -0.15) is 0 Å². The fourth-order valence-electron chi connectivity index (χ4n) is 1.46. The van der Waals surface area contributed by atoms with Crippen LogP contribution in [0.15, 0.2) is 24.3 Å². The van der Waals surface area contributed by atoms with Crippen LogP contribution >= 0.6 is 0 Å². The lowest BCUT2D eigenvalue weighted by Crippen LogP contribution is -2.51. The Bertz CT molecular complexity index is 533. The van der Waals surface area contributed by atoms with E-state index in [2.05, 4.69) is 15.6 Å². The number of hydrogen-bond acceptors (Lipinski definition) is 7. The highest BCUT2D eigenvalue weighted by Gasteiger charge is 2.26. The van der Waals surface area contributed by atoms with Gasteiger partial charge in [0.25, 0.3) is 5.91 Å². The second kappa shape index (κ2) is 7.80. The first-order valence-corrected chi connectivity index (χ1v) is 6.08. The molecule has 114 valence electrons. The molecule has 0 heterocycles. The third-order valence-electron chi connectivity index (χ3n) is 2.41. The molecule has 0 bridgehead atoms. The van der Waals surface area contributed by atoms with E-state index >= 15 is 0 Å². The van der Waals surface area contributed by atoms with Crippen LogP contribution in [0.4, 0.5) is 0 Å². The number of phenolic OH excluding ortho intramolecular Hbond substituents is 1. The molecule has 1 aromatic carbocycles. The van der Waals surface area contributed by atoms with Crippen LogP contribution in [-0.4, -0.2) is 41.1 Å². The molecular formula is C12H15N3O6. The van der Waals surface area contributed by atoms with Gasteiger partial charge >= 0.3 is 5.97 Å². The van der Waals surface area contributed by atoms with Crippen molar-refractivity contribution in [3.05, 3.63) is 39.9 Å². The van der Waals surface area contributed by atoms with Gasteiger partial charge in [0.15, 0.2) is 6.04 Å². The first-order valence-electron chi connectivity index (χ1n) is 6.08. The number of benzene rings is 1. The van der Waals surface area contributed by atoms with Gasteiger partial charge in [-0.15, -0.1) is 0 Å². The average Bonchev–Trinajstić information content (AvgIpc) is 2.43. The van der Waals surface area contributed by atoms with E-state index in [1.54, 1.807) is 6.92 Å². The molecule has 0 radical (unpaired) electrons. The summed E-state index contributed by atoms with van der Waals surface area (Å²) in [6, 6.07) is 4.42. The van der Waals surface area contributed by atoms with E-state index in [-0.39, 0.29) is 17.9 Å². The molecule has 9 nitrogen and oxygen atoms in total. The number of para-hydroxylation sites is 1. The van der Waals surface area contributed by atoms with Gasteiger partial charge in [0, 0.05) is 4.92 Å². The van der Waals surface area contributed by atoms with E-state index < -0.39 is 29.4 Å². The van der Waals surface area contributed by atoms with Gasteiger partial charge in [0.05, 0.1) is 12.2 Å². The van der Waals surface area contributed by atoms with Gasteiger partial charge in [0.1, 0.15) is 5.75 Å². The Kier molecular flexibility index (Phi) is 6.08. The number of ether oxygens (including phenoxy) is 1. The van der Waals surface area contributed by atoms with E-state index in [0.29, 0.717) is 0 Å². The molecule has 1 aromatic rings. The Morgan fingerprint density at radius 2 is 2.10 bits per heavy atom. The maximum Gasteiger partial charge on any atom is 0.331 e. The number of aromatic hydroxyl groups is 1. The molecule has 21 heavy (non-hydrogen) atoms. The van der Waals surface area contributed by atoms with Crippen molar-refractivity contribution in [2.45, 2.75) is 13.0 Å². The van der Waals surface area contributed by atoms with Crippen molar-refractivity contribution in [2.75, 3.05) is 13.2 Å². The zero-order chi connectivity index (χ0) is 15.8. The number of hydrogen-bond donors (Lipinski definition) is 3. The molecule has 1 rings (SSSR count). The number of carbonyl (C=O) groups excluding carboxylic acids is 2. The van der Waals surface area contributed by atoms with E-state index in [4.69, 9.17) is 0 Å². The zero-order valence-corrected chi connectivity index (χ0v) is 11.2. The third kappa shape index (κ3) is 5.07. The lowest BCUT2D eigenvalue weighted by atomic mass is 10.2. The number of amides is 1. The number of phenols is 1. The summed E-state index contributed by atoms with van der Waals surface area (Å²) >= 11 is 0. The Morgan fingerprint density at radius 3 is 2.67 bits per heavy atom. The second-order valence-corrected chi connectivity index (χ2v) is 3.94. The highest BCUT2D eigenvalue weighted by Crippen LogP contribution is 2.14. The SMILES string of the molecule is CCOC(=O)C(C[N+](=O)[O-])NNC(=O)c1ccccc1O. The summed E-state index contributed by atoms with van der Waals surface area (Å²) in [5.41, 5.74) is 4.33. The highest BCUT2D eigenvalue weighted by atomic mass is 16.6. The van der Waals surface area contributed by atoms with Crippen molar-refractivity contribution in [1.82, 2.24) is 10.9 Å². The molecule has 0 fully saturated rings. The molecule has 0 aliphatic rings. The summed E-state index contributed by atoms with van der Waals surface area (Å²) in [5, 5.41) is 20.0. The lowest BCUT2D eigenvalue weighted by Gasteiger charge is -2.14. The van der Waals surface area contributed by atoms with Gasteiger partial charge in [-0.25, -0.2) is 5.43 Å². The molecule has 9 heteroatoms. The van der Waals surface area contributed by atoms with Crippen LogP contribution in [0.25, 0.3) is 0 Å². The molecular weight excluding hydrogens is 282 g/mol.